The molecule has 2 N–H and O–H groups in total. The first-order valence-electron chi connectivity index (χ1n) is 8.79. The quantitative estimate of drug-likeness (QED) is 0.568. The Morgan fingerprint density at radius 3 is 2.62 bits per heavy atom. The fraction of sp³-hybridized carbons (Fsp3) is 0.529. The Bertz CT molecular complexity index is 861. The molecule has 0 radical (unpaired) electrons. The van der Waals surface area contributed by atoms with E-state index in [1.165, 1.54) is 19.1 Å². The van der Waals surface area contributed by atoms with Crippen molar-refractivity contribution in [3.05, 3.63) is 34.1 Å². The highest BCUT2D eigenvalue weighted by Gasteiger charge is 2.29. The van der Waals surface area contributed by atoms with Crippen LogP contribution in [0.3, 0.4) is 0 Å². The first kappa shape index (κ1) is 23.5. The Hall–Kier alpha value is -1.79. The summed E-state index contributed by atoms with van der Waals surface area (Å²) < 4.78 is 48.9. The molecule has 0 spiro atoms. The lowest BCUT2D eigenvalue weighted by molar-refractivity contribution is 0.0744. The van der Waals surface area contributed by atoms with Gasteiger partial charge in [0.25, 0.3) is 11.8 Å². The molecule has 0 aromatic heterocycles. The third-order valence-corrected chi connectivity index (χ3v) is 6.42. The molecule has 0 aliphatic carbocycles. The van der Waals surface area contributed by atoms with Crippen LogP contribution in [0.2, 0.25) is 5.02 Å². The first-order valence-corrected chi connectivity index (χ1v) is 10.7. The van der Waals surface area contributed by atoms with Gasteiger partial charge in [0.2, 0.25) is 10.0 Å². The number of methoxy groups -OCH3 is 1. The van der Waals surface area contributed by atoms with Gasteiger partial charge >= 0.3 is 0 Å². The molecule has 0 atom stereocenters. The summed E-state index contributed by atoms with van der Waals surface area (Å²) in [7, 11) is -0.869. The summed E-state index contributed by atoms with van der Waals surface area (Å²) >= 11 is 5.83. The van der Waals surface area contributed by atoms with Crippen LogP contribution in [0.15, 0.2) is 12.1 Å². The molecule has 0 unspecified atom stereocenters. The van der Waals surface area contributed by atoms with Crippen LogP contribution in [0.4, 0.5) is 4.39 Å². The van der Waals surface area contributed by atoms with Gasteiger partial charge in [-0.2, -0.15) is 0 Å². The number of amides is 2. The molecule has 1 aliphatic heterocycles. The van der Waals surface area contributed by atoms with E-state index in [4.69, 9.17) is 21.1 Å². The Balaban J connectivity index is 2.15. The second kappa shape index (κ2) is 10.3. The number of hydrogen-bond donors (Lipinski definition) is 2. The van der Waals surface area contributed by atoms with Gasteiger partial charge in [-0.1, -0.05) is 11.6 Å². The number of sulfonamides is 1. The number of hydrogen-bond acceptors (Lipinski definition) is 6. The molecule has 0 saturated carbocycles. The maximum atomic E-state index is 14.3. The predicted molar refractivity (Wildman–Crippen MR) is 104 cm³/mol. The van der Waals surface area contributed by atoms with Gasteiger partial charge in [-0.3, -0.25) is 15.0 Å². The zero-order valence-electron chi connectivity index (χ0n) is 16.0. The molecule has 0 bridgehead atoms. The highest BCUT2D eigenvalue weighted by molar-refractivity contribution is 7.90. The van der Waals surface area contributed by atoms with E-state index >= 15 is 0 Å². The van der Waals surface area contributed by atoms with E-state index in [2.05, 4.69) is 0 Å². The predicted octanol–water partition coefficient (Wildman–Crippen LogP) is 0.941. The Morgan fingerprint density at radius 1 is 1.34 bits per heavy atom. The van der Waals surface area contributed by atoms with Gasteiger partial charge in [0.15, 0.2) is 5.82 Å². The van der Waals surface area contributed by atoms with Gasteiger partial charge in [0.05, 0.1) is 22.4 Å². The van der Waals surface area contributed by atoms with E-state index < -0.39 is 43.5 Å². The Kier molecular flexibility index (Phi) is 8.34. The highest BCUT2D eigenvalue weighted by Crippen LogP contribution is 2.22. The number of ether oxygens (including phenoxy) is 2. The molecule has 2 amide bonds. The number of rotatable bonds is 8. The minimum absolute atomic E-state index is 0.0209. The minimum atomic E-state index is -3.87. The second-order valence-corrected chi connectivity index (χ2v) is 8.82. The lowest BCUT2D eigenvalue weighted by atomic mass is 10.1. The van der Waals surface area contributed by atoms with Crippen molar-refractivity contribution in [3.8, 4) is 0 Å². The Morgan fingerprint density at radius 2 is 2.00 bits per heavy atom. The third-order valence-electron chi connectivity index (χ3n) is 4.41. The number of hydrazine groups is 1. The molecule has 1 fully saturated rings. The van der Waals surface area contributed by atoms with Crippen LogP contribution in [-0.2, 0) is 19.5 Å². The molecule has 9 nitrogen and oxygen atoms in total. The lowest BCUT2D eigenvalue weighted by Gasteiger charge is -2.22. The number of nitrogens with one attached hydrogen (secondary N) is 2. The minimum Gasteiger partial charge on any atom is -0.383 e. The van der Waals surface area contributed by atoms with Crippen molar-refractivity contribution in [2.75, 3.05) is 40.5 Å². The smallest absolute Gasteiger partial charge is 0.269 e. The van der Waals surface area contributed by atoms with Crippen molar-refractivity contribution in [1.29, 1.82) is 0 Å². The standard InChI is InChI=1S/C17H23ClFN3O6S/c1-22(5-8-27-2)17(24)11-9-13(15(19)14(18)10-11)16(23)20-21-29(25,26)12-3-6-28-7-4-12/h9-10,12,21H,3-8H2,1-2H3,(H,20,23). The number of carbonyl (C=O) groups excluding carboxylic acids is 2. The molecule has 1 aromatic rings. The van der Waals surface area contributed by atoms with Crippen LogP contribution >= 0.6 is 11.6 Å². The fourth-order valence-electron chi connectivity index (χ4n) is 2.68. The Labute approximate surface area is 173 Å². The van der Waals surface area contributed by atoms with Crippen LogP contribution in [0.1, 0.15) is 33.6 Å². The fourth-order valence-corrected chi connectivity index (χ4v) is 4.12. The topological polar surface area (TPSA) is 114 Å². The van der Waals surface area contributed by atoms with E-state index in [0.717, 1.165) is 12.1 Å². The SMILES string of the molecule is COCCN(C)C(=O)c1cc(Cl)c(F)c(C(=O)NNS(=O)(=O)C2CCOCC2)c1. The van der Waals surface area contributed by atoms with Crippen LogP contribution < -0.4 is 10.3 Å². The van der Waals surface area contributed by atoms with Crippen molar-refractivity contribution in [2.24, 2.45) is 0 Å². The number of halogens is 2. The average molecular weight is 452 g/mol. The van der Waals surface area contributed by atoms with E-state index in [-0.39, 0.29) is 24.9 Å². The summed E-state index contributed by atoms with van der Waals surface area (Å²) in [6, 6.07) is 2.12. The summed E-state index contributed by atoms with van der Waals surface area (Å²) in [5, 5.41) is -1.17. The van der Waals surface area contributed by atoms with Gasteiger partial charge in [0, 0.05) is 39.5 Å². The number of nitrogens with zero attached hydrogens (tertiary/aromatic N) is 1. The van der Waals surface area contributed by atoms with Crippen LogP contribution in [-0.4, -0.2) is 70.9 Å². The molecule has 162 valence electrons. The molecule has 12 heteroatoms. The number of benzene rings is 1. The van der Waals surface area contributed by atoms with Gasteiger partial charge in [-0.25, -0.2) is 12.8 Å². The molecular weight excluding hydrogens is 429 g/mol. The van der Waals surface area contributed by atoms with E-state index in [0.29, 0.717) is 19.8 Å². The van der Waals surface area contributed by atoms with Crippen molar-refractivity contribution in [2.45, 2.75) is 18.1 Å². The van der Waals surface area contributed by atoms with Crippen LogP contribution in [0.25, 0.3) is 0 Å². The average Bonchev–Trinajstić information content (AvgIpc) is 2.72. The van der Waals surface area contributed by atoms with Crippen molar-refractivity contribution < 1.29 is 31.9 Å². The maximum Gasteiger partial charge on any atom is 0.269 e. The van der Waals surface area contributed by atoms with Gasteiger partial charge < -0.3 is 14.4 Å². The van der Waals surface area contributed by atoms with E-state index in [1.807, 2.05) is 10.3 Å². The molecule has 1 aliphatic rings. The first-order chi connectivity index (χ1) is 13.7. The zero-order valence-corrected chi connectivity index (χ0v) is 17.6. The van der Waals surface area contributed by atoms with E-state index in [1.54, 1.807) is 0 Å². The highest BCUT2D eigenvalue weighted by atomic mass is 35.5. The maximum absolute atomic E-state index is 14.3. The molecule has 29 heavy (non-hydrogen) atoms. The van der Waals surface area contributed by atoms with Crippen LogP contribution in [0.5, 0.6) is 0 Å². The molecule has 1 aromatic carbocycles. The summed E-state index contributed by atoms with van der Waals surface area (Å²) in [5.74, 6) is -2.64. The van der Waals surface area contributed by atoms with Crippen molar-refractivity contribution in [1.82, 2.24) is 15.2 Å². The van der Waals surface area contributed by atoms with Gasteiger partial charge in [-0.15, -0.1) is 4.83 Å². The normalized spacial score (nSPS) is 15.2. The largest absolute Gasteiger partial charge is 0.383 e. The second-order valence-electron chi connectivity index (χ2n) is 6.45. The monoisotopic (exact) mass is 451 g/mol. The van der Waals surface area contributed by atoms with Gasteiger partial charge in [0.1, 0.15) is 0 Å². The van der Waals surface area contributed by atoms with Crippen LogP contribution in [0, 0.1) is 5.82 Å². The summed E-state index contributed by atoms with van der Waals surface area (Å²) in [5.41, 5.74) is 1.39. The zero-order chi connectivity index (χ0) is 21.6. The summed E-state index contributed by atoms with van der Waals surface area (Å²) in [6.45, 7) is 1.16. The molecule has 1 heterocycles. The third kappa shape index (κ3) is 6.09. The van der Waals surface area contributed by atoms with Gasteiger partial charge in [-0.05, 0) is 25.0 Å². The molecule has 1 saturated heterocycles. The number of likely N-dealkylation sites (N-methyl/N-ethyl adjacent to an activating group) is 1. The van der Waals surface area contributed by atoms with Crippen molar-refractivity contribution >= 4 is 33.4 Å². The lowest BCUT2D eigenvalue weighted by Crippen LogP contribution is -2.47. The molecule has 2 rings (SSSR count). The van der Waals surface area contributed by atoms with E-state index in [9.17, 15) is 22.4 Å². The summed E-state index contributed by atoms with van der Waals surface area (Å²) in [4.78, 5) is 28.1. The van der Waals surface area contributed by atoms with Crippen molar-refractivity contribution in [3.63, 3.8) is 0 Å². The molecular formula is C17H23ClFN3O6S. The summed E-state index contributed by atoms with van der Waals surface area (Å²) in [6.07, 6.45) is 0.562. The number of carbonyl (C=O) groups is 2.